The van der Waals surface area contributed by atoms with E-state index in [1.54, 1.807) is 18.2 Å². The molecule has 0 amide bonds. The van der Waals surface area contributed by atoms with E-state index in [-0.39, 0.29) is 5.75 Å². The highest BCUT2D eigenvalue weighted by atomic mass is 32.1. The first-order valence-corrected chi connectivity index (χ1v) is 4.88. The molecule has 0 saturated carbocycles. The number of phenols is 1. The zero-order valence-electron chi connectivity index (χ0n) is 6.52. The minimum Gasteiger partial charge on any atom is -0.507 e. The number of carbonyl (C=O) groups excluding carboxylic acids is 1. The molecule has 0 unspecified atom stereocenters. The van der Waals surface area contributed by atoms with Crippen molar-refractivity contribution in [2.24, 2.45) is 0 Å². The number of thiol groups is 1. The third kappa shape index (κ3) is 1.32. The van der Waals surface area contributed by atoms with Gasteiger partial charge in [-0.25, -0.2) is 0 Å². The van der Waals surface area contributed by atoms with Gasteiger partial charge >= 0.3 is 0 Å². The molecule has 66 valence electrons. The number of thiophene rings is 1. The number of fused-ring (bicyclic) bond motifs is 1. The normalized spacial score (nSPS) is 10.5. The molecule has 1 N–H and O–H groups in total. The lowest BCUT2D eigenvalue weighted by molar-refractivity contribution is 0.112. The van der Waals surface area contributed by atoms with Crippen molar-refractivity contribution in [3.63, 3.8) is 0 Å². The maximum atomic E-state index is 10.5. The van der Waals surface area contributed by atoms with Crippen molar-refractivity contribution in [2.45, 2.75) is 4.90 Å². The van der Waals surface area contributed by atoms with Crippen LogP contribution in [0.2, 0.25) is 0 Å². The smallest absolute Gasteiger partial charge is 0.160 e. The van der Waals surface area contributed by atoms with Crippen LogP contribution < -0.4 is 0 Å². The molecule has 2 nitrogen and oxygen atoms in total. The molecule has 0 aliphatic rings. The lowest BCUT2D eigenvalue weighted by Crippen LogP contribution is -1.69. The van der Waals surface area contributed by atoms with E-state index in [0.29, 0.717) is 9.77 Å². The van der Waals surface area contributed by atoms with E-state index in [2.05, 4.69) is 12.6 Å². The van der Waals surface area contributed by atoms with Crippen LogP contribution in [0.1, 0.15) is 9.67 Å². The van der Waals surface area contributed by atoms with E-state index in [1.807, 2.05) is 0 Å². The number of hydrogen-bond donors (Lipinski definition) is 2. The number of carbonyl (C=O) groups is 1. The second-order valence-corrected chi connectivity index (χ2v) is 4.17. The van der Waals surface area contributed by atoms with E-state index < -0.39 is 0 Å². The molecule has 13 heavy (non-hydrogen) atoms. The van der Waals surface area contributed by atoms with Crippen LogP contribution in [-0.4, -0.2) is 11.4 Å². The molecule has 0 bridgehead atoms. The second-order valence-electron chi connectivity index (χ2n) is 2.61. The third-order valence-electron chi connectivity index (χ3n) is 1.79. The zero-order valence-corrected chi connectivity index (χ0v) is 8.23. The Morgan fingerprint density at radius 3 is 2.92 bits per heavy atom. The Morgan fingerprint density at radius 1 is 1.46 bits per heavy atom. The van der Waals surface area contributed by atoms with Crippen LogP contribution in [0, 0.1) is 0 Å². The molecule has 0 aliphatic heterocycles. The Kier molecular flexibility index (Phi) is 2.01. The molecule has 0 atom stereocenters. The standard InChI is InChI=1S/C9H6O2S2/c10-4-5-3-6-8(13-5)2-1-7(11)9(6)12/h1-4,11-12H. The summed E-state index contributed by atoms with van der Waals surface area (Å²) in [5.74, 6) is 0.145. The van der Waals surface area contributed by atoms with E-state index in [1.165, 1.54) is 11.3 Å². The van der Waals surface area contributed by atoms with Gasteiger partial charge in [-0.15, -0.1) is 24.0 Å². The molecule has 2 aromatic rings. The quantitative estimate of drug-likeness (QED) is 0.561. The molecule has 1 heterocycles. The Balaban J connectivity index is 2.83. The van der Waals surface area contributed by atoms with Gasteiger partial charge in [0.1, 0.15) is 5.75 Å². The number of hydrogen-bond acceptors (Lipinski definition) is 4. The maximum absolute atomic E-state index is 10.5. The largest absolute Gasteiger partial charge is 0.507 e. The molecule has 1 aromatic heterocycles. The number of aldehydes is 1. The van der Waals surface area contributed by atoms with Crippen LogP contribution >= 0.6 is 24.0 Å². The van der Waals surface area contributed by atoms with E-state index in [4.69, 9.17) is 0 Å². The van der Waals surface area contributed by atoms with Crippen molar-refractivity contribution >= 4 is 40.3 Å². The predicted octanol–water partition coefficient (Wildman–Crippen LogP) is 2.71. The van der Waals surface area contributed by atoms with Gasteiger partial charge in [-0.2, -0.15) is 0 Å². The highest BCUT2D eigenvalue weighted by Gasteiger charge is 2.06. The van der Waals surface area contributed by atoms with Crippen molar-refractivity contribution in [3.05, 3.63) is 23.1 Å². The Labute approximate surface area is 84.2 Å². The SMILES string of the molecule is O=Cc1cc2c(S)c(O)ccc2s1. The summed E-state index contributed by atoms with van der Waals surface area (Å²) in [5.41, 5.74) is 0. The van der Waals surface area contributed by atoms with Gasteiger partial charge in [-0.1, -0.05) is 0 Å². The number of phenolic OH excluding ortho intramolecular Hbond substituents is 1. The fourth-order valence-corrected chi connectivity index (χ4v) is 2.38. The van der Waals surface area contributed by atoms with Crippen LogP contribution in [0.5, 0.6) is 5.75 Å². The lowest BCUT2D eigenvalue weighted by Gasteiger charge is -1.97. The summed E-state index contributed by atoms with van der Waals surface area (Å²) in [6.45, 7) is 0. The molecule has 0 fully saturated rings. The van der Waals surface area contributed by atoms with Crippen LogP contribution in [0.4, 0.5) is 0 Å². The van der Waals surface area contributed by atoms with Gasteiger partial charge in [0.05, 0.1) is 9.77 Å². The van der Waals surface area contributed by atoms with Gasteiger partial charge < -0.3 is 5.11 Å². The fourth-order valence-electron chi connectivity index (χ4n) is 1.16. The molecule has 4 heteroatoms. The number of benzene rings is 1. The Hall–Kier alpha value is -1.00. The average molecular weight is 210 g/mol. The van der Waals surface area contributed by atoms with E-state index in [9.17, 15) is 9.90 Å². The van der Waals surface area contributed by atoms with Gasteiger partial charge in [0.25, 0.3) is 0 Å². The lowest BCUT2D eigenvalue weighted by atomic mass is 10.2. The summed E-state index contributed by atoms with van der Waals surface area (Å²) in [6, 6.07) is 5.09. The van der Waals surface area contributed by atoms with Crippen LogP contribution in [0.25, 0.3) is 10.1 Å². The molecular formula is C9H6O2S2. The average Bonchev–Trinajstić information content (AvgIpc) is 2.55. The minimum absolute atomic E-state index is 0.145. The maximum Gasteiger partial charge on any atom is 0.160 e. The molecule has 2 rings (SSSR count). The fraction of sp³-hybridized carbons (Fsp3) is 0. The minimum atomic E-state index is 0.145. The van der Waals surface area contributed by atoms with Crippen molar-refractivity contribution in [1.29, 1.82) is 0 Å². The predicted molar refractivity (Wildman–Crippen MR) is 56.1 cm³/mol. The summed E-state index contributed by atoms with van der Waals surface area (Å²) >= 11 is 5.55. The van der Waals surface area contributed by atoms with E-state index >= 15 is 0 Å². The molecule has 0 spiro atoms. The summed E-state index contributed by atoms with van der Waals surface area (Å²) in [5, 5.41) is 10.2. The van der Waals surface area contributed by atoms with E-state index in [0.717, 1.165) is 16.4 Å². The van der Waals surface area contributed by atoms with Crippen molar-refractivity contribution < 1.29 is 9.90 Å². The topological polar surface area (TPSA) is 37.3 Å². The first-order valence-electron chi connectivity index (χ1n) is 3.62. The molecular weight excluding hydrogens is 204 g/mol. The number of rotatable bonds is 1. The summed E-state index contributed by atoms with van der Waals surface area (Å²) in [7, 11) is 0. The molecule has 0 saturated heterocycles. The third-order valence-corrected chi connectivity index (χ3v) is 3.28. The Bertz CT molecular complexity index is 474. The number of aromatic hydroxyl groups is 1. The van der Waals surface area contributed by atoms with Gasteiger partial charge in [0.2, 0.25) is 0 Å². The van der Waals surface area contributed by atoms with Crippen LogP contribution in [-0.2, 0) is 0 Å². The monoisotopic (exact) mass is 210 g/mol. The van der Waals surface area contributed by atoms with Gasteiger partial charge in [0, 0.05) is 10.1 Å². The van der Waals surface area contributed by atoms with Crippen LogP contribution in [0.15, 0.2) is 23.1 Å². The highest BCUT2D eigenvalue weighted by molar-refractivity contribution is 7.80. The zero-order chi connectivity index (χ0) is 9.42. The van der Waals surface area contributed by atoms with Crippen molar-refractivity contribution in [3.8, 4) is 5.75 Å². The van der Waals surface area contributed by atoms with Gasteiger partial charge in [-0.05, 0) is 18.2 Å². The molecule has 0 aliphatic carbocycles. The van der Waals surface area contributed by atoms with Gasteiger partial charge in [-0.3, -0.25) is 4.79 Å². The first-order chi connectivity index (χ1) is 6.22. The van der Waals surface area contributed by atoms with Gasteiger partial charge in [0.15, 0.2) is 6.29 Å². The van der Waals surface area contributed by atoms with Crippen molar-refractivity contribution in [1.82, 2.24) is 0 Å². The summed E-state index contributed by atoms with van der Waals surface area (Å²) in [6.07, 6.45) is 0.801. The highest BCUT2D eigenvalue weighted by Crippen LogP contribution is 2.34. The molecule has 1 aromatic carbocycles. The van der Waals surface area contributed by atoms with Crippen molar-refractivity contribution in [2.75, 3.05) is 0 Å². The Morgan fingerprint density at radius 2 is 2.23 bits per heavy atom. The van der Waals surface area contributed by atoms with Crippen LogP contribution in [0.3, 0.4) is 0 Å². The summed E-state index contributed by atoms with van der Waals surface area (Å²) < 4.78 is 0.963. The summed E-state index contributed by atoms with van der Waals surface area (Å²) in [4.78, 5) is 11.7. The second kappa shape index (κ2) is 3.05. The molecule has 0 radical (unpaired) electrons. The first kappa shape index (κ1) is 8.59.